The van der Waals surface area contributed by atoms with E-state index in [2.05, 4.69) is 6.92 Å². The fourth-order valence-corrected chi connectivity index (χ4v) is 2.85. The third-order valence-corrected chi connectivity index (χ3v) is 4.06. The van der Waals surface area contributed by atoms with Crippen LogP contribution in [0.4, 0.5) is 0 Å². The molecule has 1 heterocycles. The summed E-state index contributed by atoms with van der Waals surface area (Å²) in [6.45, 7) is 3.25. The third kappa shape index (κ3) is 2.25. The van der Waals surface area contributed by atoms with E-state index in [1.165, 1.54) is 0 Å². The molecule has 0 aliphatic carbocycles. The Bertz CT molecular complexity index is 394. The number of fused-ring (bicyclic) bond motifs is 1. The lowest BCUT2D eigenvalue weighted by atomic mass is 9.70. The number of nitrogens with two attached hydrogens (primary N) is 1. The van der Waals surface area contributed by atoms with Crippen molar-refractivity contribution in [3.05, 3.63) is 29.8 Å². The van der Waals surface area contributed by atoms with E-state index in [1.807, 2.05) is 24.3 Å². The van der Waals surface area contributed by atoms with Crippen LogP contribution in [-0.2, 0) is 5.41 Å². The summed E-state index contributed by atoms with van der Waals surface area (Å²) in [6, 6.07) is 7.95. The Kier molecular flexibility index (Phi) is 4.25. The van der Waals surface area contributed by atoms with Crippen LogP contribution < -0.4 is 10.5 Å². The standard InChI is InChI=1S/C15H23NO2/c1-2-3-8-14(17)15(11-16)9-10-18-13-7-5-4-6-12(13)15/h4-7,14,17H,2-3,8-11,16H2,1H3. The maximum absolute atomic E-state index is 10.6. The summed E-state index contributed by atoms with van der Waals surface area (Å²) < 4.78 is 5.67. The number of rotatable bonds is 5. The molecule has 0 saturated carbocycles. The Labute approximate surface area is 109 Å². The Morgan fingerprint density at radius 2 is 2.22 bits per heavy atom. The molecule has 1 aromatic rings. The largest absolute Gasteiger partial charge is 0.493 e. The van der Waals surface area contributed by atoms with Gasteiger partial charge in [-0.15, -0.1) is 0 Å². The molecule has 3 heteroatoms. The van der Waals surface area contributed by atoms with Crippen LogP contribution in [0, 0.1) is 0 Å². The van der Waals surface area contributed by atoms with Crippen molar-refractivity contribution in [3.63, 3.8) is 0 Å². The van der Waals surface area contributed by atoms with E-state index in [1.54, 1.807) is 0 Å². The second-order valence-corrected chi connectivity index (χ2v) is 5.11. The van der Waals surface area contributed by atoms with E-state index in [4.69, 9.17) is 10.5 Å². The summed E-state index contributed by atoms with van der Waals surface area (Å²) in [6.07, 6.45) is 3.35. The molecule has 0 radical (unpaired) electrons. The van der Waals surface area contributed by atoms with E-state index in [-0.39, 0.29) is 11.5 Å². The zero-order chi connectivity index (χ0) is 13.0. The number of unbranched alkanes of at least 4 members (excludes halogenated alkanes) is 1. The molecule has 0 amide bonds. The number of aliphatic hydroxyl groups excluding tert-OH is 1. The highest BCUT2D eigenvalue weighted by atomic mass is 16.5. The van der Waals surface area contributed by atoms with Crippen molar-refractivity contribution in [3.8, 4) is 5.75 Å². The van der Waals surface area contributed by atoms with Crippen LogP contribution in [0.25, 0.3) is 0 Å². The van der Waals surface area contributed by atoms with Gasteiger partial charge in [0.2, 0.25) is 0 Å². The predicted molar refractivity (Wildman–Crippen MR) is 72.8 cm³/mol. The second-order valence-electron chi connectivity index (χ2n) is 5.11. The van der Waals surface area contributed by atoms with E-state index in [9.17, 15) is 5.11 Å². The van der Waals surface area contributed by atoms with Gasteiger partial charge < -0.3 is 15.6 Å². The van der Waals surface area contributed by atoms with Crippen LogP contribution in [-0.4, -0.2) is 24.4 Å². The molecule has 0 saturated heterocycles. The molecule has 2 atom stereocenters. The van der Waals surface area contributed by atoms with Gasteiger partial charge in [-0.1, -0.05) is 38.0 Å². The van der Waals surface area contributed by atoms with Crippen molar-refractivity contribution in [1.29, 1.82) is 0 Å². The molecule has 2 rings (SSSR count). The van der Waals surface area contributed by atoms with Crippen LogP contribution in [0.5, 0.6) is 5.75 Å². The zero-order valence-electron chi connectivity index (χ0n) is 11.1. The highest BCUT2D eigenvalue weighted by Crippen LogP contribution is 2.41. The van der Waals surface area contributed by atoms with Gasteiger partial charge in [0.05, 0.1) is 12.7 Å². The van der Waals surface area contributed by atoms with Crippen LogP contribution in [0.3, 0.4) is 0 Å². The van der Waals surface area contributed by atoms with Crippen molar-refractivity contribution in [1.82, 2.24) is 0 Å². The summed E-state index contributed by atoms with van der Waals surface area (Å²) in [4.78, 5) is 0. The van der Waals surface area contributed by atoms with Crippen molar-refractivity contribution < 1.29 is 9.84 Å². The van der Waals surface area contributed by atoms with E-state index in [0.29, 0.717) is 13.2 Å². The van der Waals surface area contributed by atoms with Gasteiger partial charge in [-0.3, -0.25) is 0 Å². The van der Waals surface area contributed by atoms with Gasteiger partial charge in [0.15, 0.2) is 0 Å². The highest BCUT2D eigenvalue weighted by Gasteiger charge is 2.42. The number of ether oxygens (including phenoxy) is 1. The number of para-hydroxylation sites is 1. The lowest BCUT2D eigenvalue weighted by Crippen LogP contribution is -2.49. The van der Waals surface area contributed by atoms with Crippen molar-refractivity contribution >= 4 is 0 Å². The first-order chi connectivity index (χ1) is 8.74. The molecule has 0 bridgehead atoms. The van der Waals surface area contributed by atoms with Gasteiger partial charge in [-0.25, -0.2) is 0 Å². The summed E-state index contributed by atoms with van der Waals surface area (Å²) in [5.41, 5.74) is 6.75. The average Bonchev–Trinajstić information content (AvgIpc) is 2.44. The number of hydrogen-bond donors (Lipinski definition) is 2. The fraction of sp³-hybridized carbons (Fsp3) is 0.600. The van der Waals surface area contributed by atoms with Crippen LogP contribution >= 0.6 is 0 Å². The number of aliphatic hydroxyl groups is 1. The summed E-state index contributed by atoms with van der Waals surface area (Å²) in [5.74, 6) is 0.879. The molecule has 2 unspecified atom stereocenters. The molecule has 3 nitrogen and oxygen atoms in total. The molecule has 1 aliphatic heterocycles. The first-order valence-corrected chi connectivity index (χ1v) is 6.85. The normalized spacial score (nSPS) is 24.2. The molecular weight excluding hydrogens is 226 g/mol. The van der Waals surface area contributed by atoms with E-state index < -0.39 is 0 Å². The molecule has 18 heavy (non-hydrogen) atoms. The van der Waals surface area contributed by atoms with Gasteiger partial charge in [0.25, 0.3) is 0 Å². The van der Waals surface area contributed by atoms with Crippen molar-refractivity contribution in [2.75, 3.05) is 13.2 Å². The molecule has 0 aromatic heterocycles. The van der Waals surface area contributed by atoms with Crippen molar-refractivity contribution in [2.24, 2.45) is 5.73 Å². The Morgan fingerprint density at radius 1 is 1.44 bits per heavy atom. The average molecular weight is 249 g/mol. The van der Waals surface area contributed by atoms with Gasteiger partial charge in [-0.2, -0.15) is 0 Å². The van der Waals surface area contributed by atoms with Crippen LogP contribution in [0.2, 0.25) is 0 Å². The van der Waals surface area contributed by atoms with Crippen LogP contribution in [0.1, 0.15) is 38.2 Å². The number of benzene rings is 1. The molecular formula is C15H23NO2. The maximum atomic E-state index is 10.6. The SMILES string of the molecule is CCCCC(O)C1(CN)CCOc2ccccc21. The molecule has 0 fully saturated rings. The van der Waals surface area contributed by atoms with Gasteiger partial charge in [0, 0.05) is 17.5 Å². The Hall–Kier alpha value is -1.06. The summed E-state index contributed by atoms with van der Waals surface area (Å²) in [7, 11) is 0. The number of hydrogen-bond acceptors (Lipinski definition) is 3. The zero-order valence-corrected chi connectivity index (χ0v) is 11.1. The highest BCUT2D eigenvalue weighted by molar-refractivity contribution is 5.42. The van der Waals surface area contributed by atoms with Gasteiger partial charge in [-0.05, 0) is 18.9 Å². The maximum Gasteiger partial charge on any atom is 0.123 e. The Morgan fingerprint density at radius 3 is 2.94 bits per heavy atom. The first-order valence-electron chi connectivity index (χ1n) is 6.85. The topological polar surface area (TPSA) is 55.5 Å². The summed E-state index contributed by atoms with van der Waals surface area (Å²) >= 11 is 0. The second kappa shape index (κ2) is 5.72. The molecule has 1 aliphatic rings. The van der Waals surface area contributed by atoms with Gasteiger partial charge in [0.1, 0.15) is 5.75 Å². The van der Waals surface area contributed by atoms with Crippen LogP contribution in [0.15, 0.2) is 24.3 Å². The van der Waals surface area contributed by atoms with Gasteiger partial charge >= 0.3 is 0 Å². The third-order valence-electron chi connectivity index (χ3n) is 4.06. The van der Waals surface area contributed by atoms with Crippen molar-refractivity contribution in [2.45, 2.75) is 44.1 Å². The minimum atomic E-state index is -0.382. The molecule has 0 spiro atoms. The lowest BCUT2D eigenvalue weighted by Gasteiger charge is -2.41. The van der Waals surface area contributed by atoms with E-state index >= 15 is 0 Å². The predicted octanol–water partition coefficient (Wildman–Crippen LogP) is 2.22. The smallest absolute Gasteiger partial charge is 0.123 e. The Balaban J connectivity index is 2.32. The fourth-order valence-electron chi connectivity index (χ4n) is 2.85. The first kappa shape index (κ1) is 13.4. The quantitative estimate of drug-likeness (QED) is 0.841. The minimum absolute atomic E-state index is 0.329. The van der Waals surface area contributed by atoms with E-state index in [0.717, 1.165) is 37.0 Å². The summed E-state index contributed by atoms with van der Waals surface area (Å²) in [5, 5.41) is 10.6. The minimum Gasteiger partial charge on any atom is -0.493 e. The molecule has 3 N–H and O–H groups in total. The molecule has 1 aromatic carbocycles. The lowest BCUT2D eigenvalue weighted by molar-refractivity contribution is 0.0464. The monoisotopic (exact) mass is 249 g/mol. The molecule has 100 valence electrons.